The van der Waals surface area contributed by atoms with Gasteiger partial charge in [0.2, 0.25) is 5.76 Å². The van der Waals surface area contributed by atoms with Crippen molar-refractivity contribution in [2.24, 2.45) is 5.92 Å². The fraction of sp³-hybridized carbons (Fsp3) is 0.263. The van der Waals surface area contributed by atoms with E-state index in [4.69, 9.17) is 8.94 Å². The lowest BCUT2D eigenvalue weighted by molar-refractivity contribution is 0.0939. The molecule has 0 saturated carbocycles. The molecule has 1 N–H and O–H groups in total. The van der Waals surface area contributed by atoms with Crippen molar-refractivity contribution in [2.75, 3.05) is 24.5 Å². The Morgan fingerprint density at radius 1 is 1.27 bits per heavy atom. The number of hydrogen-bond acceptors (Lipinski definition) is 5. The van der Waals surface area contributed by atoms with Crippen LogP contribution in [0.25, 0.3) is 11.5 Å². The van der Waals surface area contributed by atoms with E-state index in [0.29, 0.717) is 24.0 Å². The number of halogens is 1. The normalized spacial score (nSPS) is 16.8. The van der Waals surface area contributed by atoms with E-state index in [9.17, 15) is 4.79 Å². The maximum Gasteiger partial charge on any atom is 0.273 e. The Labute approximate surface area is 159 Å². The van der Waals surface area contributed by atoms with Gasteiger partial charge in [0.25, 0.3) is 5.91 Å². The lowest BCUT2D eigenvalue weighted by Gasteiger charge is -2.19. The first-order valence-corrected chi connectivity index (χ1v) is 9.27. The van der Waals surface area contributed by atoms with Crippen molar-refractivity contribution >= 4 is 27.5 Å². The fourth-order valence-electron chi connectivity index (χ4n) is 3.15. The van der Waals surface area contributed by atoms with Crippen molar-refractivity contribution in [1.29, 1.82) is 0 Å². The first-order chi connectivity index (χ1) is 12.7. The molecule has 1 saturated heterocycles. The number of anilines is 1. The quantitative estimate of drug-likeness (QED) is 0.682. The second-order valence-corrected chi connectivity index (χ2v) is 7.26. The van der Waals surface area contributed by atoms with Crippen LogP contribution in [-0.4, -0.2) is 30.7 Å². The SMILES string of the molecule is O=C(NCC1CCN(c2cccc(Br)c2)C1)c1cc(-c2ccco2)on1. The van der Waals surface area contributed by atoms with Gasteiger partial charge in [-0.1, -0.05) is 27.2 Å². The smallest absolute Gasteiger partial charge is 0.273 e. The Hall–Kier alpha value is -2.54. The summed E-state index contributed by atoms with van der Waals surface area (Å²) < 4.78 is 11.5. The molecular weight excluding hydrogens is 398 g/mol. The van der Waals surface area contributed by atoms with Crippen LogP contribution < -0.4 is 10.2 Å². The minimum absolute atomic E-state index is 0.229. The molecule has 1 atom stereocenters. The number of hydrogen-bond donors (Lipinski definition) is 1. The highest BCUT2D eigenvalue weighted by Gasteiger charge is 2.24. The molecule has 0 radical (unpaired) electrons. The van der Waals surface area contributed by atoms with Gasteiger partial charge in [0, 0.05) is 35.9 Å². The molecule has 26 heavy (non-hydrogen) atoms. The third kappa shape index (κ3) is 3.67. The molecule has 4 rings (SSSR count). The monoisotopic (exact) mass is 415 g/mol. The number of furan rings is 1. The summed E-state index contributed by atoms with van der Waals surface area (Å²) in [5, 5.41) is 6.78. The highest BCUT2D eigenvalue weighted by atomic mass is 79.9. The van der Waals surface area contributed by atoms with Crippen LogP contribution >= 0.6 is 15.9 Å². The van der Waals surface area contributed by atoms with Gasteiger partial charge in [-0.15, -0.1) is 0 Å². The molecule has 3 heterocycles. The third-order valence-electron chi connectivity index (χ3n) is 4.52. The van der Waals surface area contributed by atoms with E-state index in [2.05, 4.69) is 43.4 Å². The number of nitrogens with one attached hydrogen (secondary N) is 1. The van der Waals surface area contributed by atoms with Gasteiger partial charge in [-0.3, -0.25) is 4.79 Å². The summed E-state index contributed by atoms with van der Waals surface area (Å²) in [4.78, 5) is 14.6. The van der Waals surface area contributed by atoms with Crippen molar-refractivity contribution < 1.29 is 13.7 Å². The van der Waals surface area contributed by atoms with E-state index >= 15 is 0 Å². The van der Waals surface area contributed by atoms with Crippen molar-refractivity contribution in [2.45, 2.75) is 6.42 Å². The summed E-state index contributed by atoms with van der Waals surface area (Å²) in [6.45, 7) is 2.53. The predicted octanol–water partition coefficient (Wildman–Crippen LogP) is 3.95. The van der Waals surface area contributed by atoms with Crippen LogP contribution in [-0.2, 0) is 0 Å². The standard InChI is InChI=1S/C19H18BrN3O3/c20-14-3-1-4-15(9-14)23-7-6-13(12-23)11-21-19(24)16-10-18(26-22-16)17-5-2-8-25-17/h1-5,8-10,13H,6-7,11-12H2,(H,21,24). The molecule has 1 aliphatic rings. The van der Waals surface area contributed by atoms with E-state index in [1.165, 1.54) is 5.69 Å². The summed E-state index contributed by atoms with van der Waals surface area (Å²) in [5.41, 5.74) is 1.46. The maximum absolute atomic E-state index is 12.3. The zero-order valence-corrected chi connectivity index (χ0v) is 15.6. The molecule has 0 spiro atoms. The van der Waals surface area contributed by atoms with E-state index in [1.807, 2.05) is 12.1 Å². The Morgan fingerprint density at radius 3 is 3.00 bits per heavy atom. The first kappa shape index (κ1) is 16.9. The fourth-order valence-corrected chi connectivity index (χ4v) is 3.54. The third-order valence-corrected chi connectivity index (χ3v) is 5.01. The number of aromatic nitrogens is 1. The summed E-state index contributed by atoms with van der Waals surface area (Å²) in [6, 6.07) is 13.4. The van der Waals surface area contributed by atoms with Gasteiger partial charge >= 0.3 is 0 Å². The van der Waals surface area contributed by atoms with Gasteiger partial charge < -0.3 is 19.2 Å². The number of amides is 1. The molecule has 1 aromatic carbocycles. The topological polar surface area (TPSA) is 71.5 Å². The largest absolute Gasteiger partial charge is 0.461 e. The zero-order chi connectivity index (χ0) is 17.9. The van der Waals surface area contributed by atoms with Crippen LogP contribution in [0.15, 0.2) is 62.1 Å². The minimum atomic E-state index is -0.229. The molecule has 3 aromatic rings. The van der Waals surface area contributed by atoms with Crippen LogP contribution in [0.3, 0.4) is 0 Å². The summed E-state index contributed by atoms with van der Waals surface area (Å²) in [7, 11) is 0. The lowest BCUT2D eigenvalue weighted by Crippen LogP contribution is -2.31. The molecule has 1 aliphatic heterocycles. The first-order valence-electron chi connectivity index (χ1n) is 8.48. The van der Waals surface area contributed by atoms with Gasteiger partial charge in [0.05, 0.1) is 6.26 Å². The van der Waals surface area contributed by atoms with Crippen LogP contribution in [0.5, 0.6) is 0 Å². The highest BCUT2D eigenvalue weighted by molar-refractivity contribution is 9.10. The van der Waals surface area contributed by atoms with E-state index in [-0.39, 0.29) is 11.6 Å². The van der Waals surface area contributed by atoms with Crippen LogP contribution in [0.1, 0.15) is 16.9 Å². The van der Waals surface area contributed by atoms with Gasteiger partial charge in [0.15, 0.2) is 11.5 Å². The van der Waals surface area contributed by atoms with Crippen LogP contribution in [0, 0.1) is 5.92 Å². The average Bonchev–Trinajstić information content (AvgIpc) is 3.40. The Bertz CT molecular complexity index is 891. The molecule has 0 bridgehead atoms. The summed E-state index contributed by atoms with van der Waals surface area (Å²) in [6.07, 6.45) is 2.60. The van der Waals surface area contributed by atoms with E-state index in [1.54, 1.807) is 24.5 Å². The number of nitrogens with zero attached hydrogens (tertiary/aromatic N) is 2. The Kier molecular flexibility index (Phi) is 4.79. The average molecular weight is 416 g/mol. The van der Waals surface area contributed by atoms with Crippen LogP contribution in [0.2, 0.25) is 0 Å². The lowest BCUT2D eigenvalue weighted by atomic mass is 10.1. The number of carbonyl (C=O) groups is 1. The second kappa shape index (κ2) is 7.37. The molecule has 6 nitrogen and oxygen atoms in total. The van der Waals surface area contributed by atoms with Crippen molar-refractivity contribution in [3.63, 3.8) is 0 Å². The predicted molar refractivity (Wildman–Crippen MR) is 101 cm³/mol. The number of carbonyl (C=O) groups excluding carboxylic acids is 1. The van der Waals surface area contributed by atoms with Crippen molar-refractivity contribution in [3.05, 3.63) is 58.9 Å². The van der Waals surface area contributed by atoms with Gasteiger partial charge in [-0.05, 0) is 42.7 Å². The molecule has 7 heteroatoms. The zero-order valence-electron chi connectivity index (χ0n) is 14.0. The molecular formula is C19H18BrN3O3. The van der Waals surface area contributed by atoms with Gasteiger partial charge in [-0.2, -0.15) is 0 Å². The van der Waals surface area contributed by atoms with E-state index < -0.39 is 0 Å². The van der Waals surface area contributed by atoms with E-state index in [0.717, 1.165) is 24.0 Å². The highest BCUT2D eigenvalue weighted by Crippen LogP contribution is 2.26. The number of benzene rings is 1. The van der Waals surface area contributed by atoms with Gasteiger partial charge in [0.1, 0.15) is 0 Å². The molecule has 134 valence electrons. The molecule has 1 amide bonds. The van der Waals surface area contributed by atoms with Crippen LogP contribution in [0.4, 0.5) is 5.69 Å². The number of rotatable bonds is 5. The second-order valence-electron chi connectivity index (χ2n) is 6.34. The van der Waals surface area contributed by atoms with Gasteiger partial charge in [-0.25, -0.2) is 0 Å². The molecule has 0 aliphatic carbocycles. The Morgan fingerprint density at radius 2 is 2.19 bits per heavy atom. The summed E-state index contributed by atoms with van der Waals surface area (Å²) in [5.74, 6) is 1.18. The molecule has 1 unspecified atom stereocenters. The molecule has 2 aromatic heterocycles. The molecule has 1 fully saturated rings. The Balaban J connectivity index is 1.31. The maximum atomic E-state index is 12.3. The van der Waals surface area contributed by atoms with Crippen molar-refractivity contribution in [1.82, 2.24) is 10.5 Å². The van der Waals surface area contributed by atoms with Crippen molar-refractivity contribution in [3.8, 4) is 11.5 Å². The summed E-state index contributed by atoms with van der Waals surface area (Å²) >= 11 is 3.51. The minimum Gasteiger partial charge on any atom is -0.461 e.